The van der Waals surface area contributed by atoms with E-state index in [1.165, 1.54) is 11.1 Å². The molecule has 0 unspecified atom stereocenters. The summed E-state index contributed by atoms with van der Waals surface area (Å²) < 4.78 is 10.9. The van der Waals surface area contributed by atoms with Crippen LogP contribution in [-0.2, 0) is 19.5 Å². The summed E-state index contributed by atoms with van der Waals surface area (Å²) in [6.45, 7) is 6.21. The second-order valence-electron chi connectivity index (χ2n) is 6.52. The van der Waals surface area contributed by atoms with Crippen LogP contribution in [0.2, 0.25) is 0 Å². The van der Waals surface area contributed by atoms with Gasteiger partial charge in [-0.2, -0.15) is 0 Å². The smallest absolute Gasteiger partial charge is 0.336 e. The SMILES string of the molecule is CCOc1ccc(CN(C)Cc2cc(=O)oc3cc(CC)ccc23)cc1. The van der Waals surface area contributed by atoms with E-state index >= 15 is 0 Å². The van der Waals surface area contributed by atoms with Crippen molar-refractivity contribution in [1.29, 1.82) is 0 Å². The normalized spacial score (nSPS) is 11.2. The topological polar surface area (TPSA) is 42.7 Å². The molecule has 0 fully saturated rings. The predicted molar refractivity (Wildman–Crippen MR) is 105 cm³/mol. The summed E-state index contributed by atoms with van der Waals surface area (Å²) in [7, 11) is 2.05. The van der Waals surface area contributed by atoms with Gasteiger partial charge in [-0.25, -0.2) is 4.79 Å². The third kappa shape index (κ3) is 4.33. The lowest BCUT2D eigenvalue weighted by Crippen LogP contribution is -2.18. The number of aryl methyl sites for hydroxylation is 1. The van der Waals surface area contributed by atoms with Crippen LogP contribution < -0.4 is 10.4 Å². The maximum atomic E-state index is 11.9. The van der Waals surface area contributed by atoms with E-state index in [1.54, 1.807) is 6.07 Å². The Kier molecular flexibility index (Phi) is 5.74. The number of rotatable bonds is 7. The van der Waals surface area contributed by atoms with Gasteiger partial charge in [0.1, 0.15) is 11.3 Å². The Bertz CT molecular complexity index is 928. The van der Waals surface area contributed by atoms with Crippen molar-refractivity contribution >= 4 is 11.0 Å². The van der Waals surface area contributed by atoms with Gasteiger partial charge in [-0.05, 0) is 55.3 Å². The molecule has 0 aliphatic heterocycles. The summed E-state index contributed by atoms with van der Waals surface area (Å²) >= 11 is 0. The summed E-state index contributed by atoms with van der Waals surface area (Å²) in [4.78, 5) is 14.1. The molecule has 4 nitrogen and oxygen atoms in total. The van der Waals surface area contributed by atoms with Gasteiger partial charge in [-0.15, -0.1) is 0 Å². The van der Waals surface area contributed by atoms with Crippen molar-refractivity contribution in [2.75, 3.05) is 13.7 Å². The molecule has 3 rings (SSSR count). The standard InChI is InChI=1S/C22H25NO3/c1-4-16-8-11-20-18(13-22(24)26-21(20)12-16)15-23(3)14-17-6-9-19(10-7-17)25-5-2/h6-13H,4-5,14-15H2,1-3H3. The Morgan fingerprint density at radius 2 is 1.69 bits per heavy atom. The van der Waals surface area contributed by atoms with E-state index in [9.17, 15) is 4.79 Å². The number of ether oxygens (including phenoxy) is 1. The van der Waals surface area contributed by atoms with Crippen LogP contribution in [0, 0.1) is 0 Å². The van der Waals surface area contributed by atoms with Gasteiger partial charge in [0.2, 0.25) is 0 Å². The van der Waals surface area contributed by atoms with Crippen molar-refractivity contribution in [2.24, 2.45) is 0 Å². The van der Waals surface area contributed by atoms with E-state index in [2.05, 4.69) is 43.1 Å². The lowest BCUT2D eigenvalue weighted by atomic mass is 10.1. The first kappa shape index (κ1) is 18.2. The van der Waals surface area contributed by atoms with Crippen molar-refractivity contribution in [3.05, 3.63) is 75.6 Å². The number of benzene rings is 2. The molecule has 0 radical (unpaired) electrons. The molecule has 0 saturated carbocycles. The summed E-state index contributed by atoms with van der Waals surface area (Å²) in [6, 6.07) is 15.8. The van der Waals surface area contributed by atoms with Crippen molar-refractivity contribution in [3.63, 3.8) is 0 Å². The fourth-order valence-electron chi connectivity index (χ4n) is 3.14. The van der Waals surface area contributed by atoms with E-state index in [0.29, 0.717) is 18.7 Å². The fourth-order valence-corrected chi connectivity index (χ4v) is 3.14. The molecular formula is C22H25NO3. The first-order valence-corrected chi connectivity index (χ1v) is 9.05. The quantitative estimate of drug-likeness (QED) is 0.592. The molecule has 0 N–H and O–H groups in total. The zero-order valence-electron chi connectivity index (χ0n) is 15.6. The zero-order chi connectivity index (χ0) is 18.5. The van der Waals surface area contributed by atoms with Gasteiger partial charge >= 0.3 is 5.63 Å². The van der Waals surface area contributed by atoms with Crippen LogP contribution in [-0.4, -0.2) is 18.6 Å². The maximum Gasteiger partial charge on any atom is 0.336 e. The molecule has 1 heterocycles. The largest absolute Gasteiger partial charge is 0.494 e. The third-order valence-corrected chi connectivity index (χ3v) is 4.43. The van der Waals surface area contributed by atoms with E-state index < -0.39 is 0 Å². The molecule has 3 aromatic rings. The molecule has 0 bridgehead atoms. The van der Waals surface area contributed by atoms with E-state index in [1.807, 2.05) is 25.1 Å². The first-order chi connectivity index (χ1) is 12.6. The highest BCUT2D eigenvalue weighted by molar-refractivity contribution is 5.80. The highest BCUT2D eigenvalue weighted by atomic mass is 16.5. The van der Waals surface area contributed by atoms with E-state index in [0.717, 1.165) is 29.7 Å². The molecule has 0 amide bonds. The Labute approximate surface area is 154 Å². The lowest BCUT2D eigenvalue weighted by molar-refractivity contribution is 0.318. The van der Waals surface area contributed by atoms with Crippen molar-refractivity contribution in [1.82, 2.24) is 4.90 Å². The van der Waals surface area contributed by atoms with Crippen LogP contribution in [0.4, 0.5) is 0 Å². The van der Waals surface area contributed by atoms with Gasteiger partial charge < -0.3 is 9.15 Å². The average molecular weight is 351 g/mol. The second kappa shape index (κ2) is 8.19. The van der Waals surface area contributed by atoms with Crippen LogP contribution >= 0.6 is 0 Å². The highest BCUT2D eigenvalue weighted by Gasteiger charge is 2.09. The molecule has 0 atom stereocenters. The molecule has 1 aromatic heterocycles. The van der Waals surface area contributed by atoms with E-state index in [4.69, 9.17) is 9.15 Å². The fraction of sp³-hybridized carbons (Fsp3) is 0.318. The second-order valence-corrected chi connectivity index (χ2v) is 6.52. The van der Waals surface area contributed by atoms with Crippen molar-refractivity contribution in [3.8, 4) is 5.75 Å². The highest BCUT2D eigenvalue weighted by Crippen LogP contribution is 2.21. The monoisotopic (exact) mass is 351 g/mol. The molecule has 26 heavy (non-hydrogen) atoms. The average Bonchev–Trinajstić information content (AvgIpc) is 2.62. The van der Waals surface area contributed by atoms with Gasteiger partial charge in [0.15, 0.2) is 0 Å². The van der Waals surface area contributed by atoms with Gasteiger partial charge in [0.25, 0.3) is 0 Å². The predicted octanol–water partition coefficient (Wildman–Crippen LogP) is 4.39. The minimum Gasteiger partial charge on any atom is -0.494 e. The number of fused-ring (bicyclic) bond motifs is 1. The molecule has 0 aliphatic carbocycles. The summed E-state index contributed by atoms with van der Waals surface area (Å²) in [5.41, 5.74) is 3.74. The van der Waals surface area contributed by atoms with Crippen LogP contribution in [0.25, 0.3) is 11.0 Å². The number of hydrogen-bond donors (Lipinski definition) is 0. The minimum atomic E-state index is -0.296. The van der Waals surface area contributed by atoms with Gasteiger partial charge in [0.05, 0.1) is 6.61 Å². The first-order valence-electron chi connectivity index (χ1n) is 9.05. The Morgan fingerprint density at radius 3 is 2.38 bits per heavy atom. The Hall–Kier alpha value is -2.59. The molecule has 0 spiro atoms. The lowest BCUT2D eigenvalue weighted by Gasteiger charge is -2.18. The molecule has 0 aliphatic rings. The molecule has 0 saturated heterocycles. The zero-order valence-corrected chi connectivity index (χ0v) is 15.6. The molecular weight excluding hydrogens is 326 g/mol. The van der Waals surface area contributed by atoms with Crippen LogP contribution in [0.5, 0.6) is 5.75 Å². The molecule has 136 valence electrons. The van der Waals surface area contributed by atoms with Crippen LogP contribution in [0.1, 0.15) is 30.5 Å². The van der Waals surface area contributed by atoms with E-state index in [-0.39, 0.29) is 5.63 Å². The Balaban J connectivity index is 1.78. The summed E-state index contributed by atoms with van der Waals surface area (Å²) in [6.07, 6.45) is 0.918. The van der Waals surface area contributed by atoms with Crippen molar-refractivity contribution < 1.29 is 9.15 Å². The summed E-state index contributed by atoms with van der Waals surface area (Å²) in [5, 5.41) is 1.00. The number of hydrogen-bond acceptors (Lipinski definition) is 4. The third-order valence-electron chi connectivity index (χ3n) is 4.43. The molecule has 4 heteroatoms. The minimum absolute atomic E-state index is 0.296. The van der Waals surface area contributed by atoms with Crippen LogP contribution in [0.15, 0.2) is 57.7 Å². The van der Waals surface area contributed by atoms with Crippen molar-refractivity contribution in [2.45, 2.75) is 33.4 Å². The maximum absolute atomic E-state index is 11.9. The van der Waals surface area contributed by atoms with Gasteiger partial charge in [-0.1, -0.05) is 31.2 Å². The van der Waals surface area contributed by atoms with Gasteiger partial charge in [0, 0.05) is 24.5 Å². The summed E-state index contributed by atoms with van der Waals surface area (Å²) in [5.74, 6) is 0.886. The van der Waals surface area contributed by atoms with Crippen LogP contribution in [0.3, 0.4) is 0 Å². The van der Waals surface area contributed by atoms with Gasteiger partial charge in [-0.3, -0.25) is 4.90 Å². The molecule has 2 aromatic carbocycles. The number of nitrogens with zero attached hydrogens (tertiary/aromatic N) is 1. The Morgan fingerprint density at radius 1 is 0.962 bits per heavy atom.